The van der Waals surface area contributed by atoms with Crippen LogP contribution in [0.5, 0.6) is 0 Å². The van der Waals surface area contributed by atoms with E-state index in [1.54, 1.807) is 0 Å². The summed E-state index contributed by atoms with van der Waals surface area (Å²) in [6.07, 6.45) is -0.824. The van der Waals surface area contributed by atoms with E-state index in [-0.39, 0.29) is 10.7 Å². The molecule has 0 atom stereocenters. The maximum Gasteiger partial charge on any atom is 0.417 e. The smallest absolute Gasteiger partial charge is 0.375 e. The lowest BCUT2D eigenvalue weighted by Gasteiger charge is -2.09. The Morgan fingerprint density at radius 1 is 1.25 bits per heavy atom. The van der Waals surface area contributed by atoms with Crippen LogP contribution in [-0.4, -0.2) is 9.97 Å². The number of thiazole rings is 1. The summed E-state index contributed by atoms with van der Waals surface area (Å²) in [4.78, 5) is 7.76. The number of nitrogen functional groups attached to an aromatic ring is 1. The third-order valence-corrected chi connectivity index (χ3v) is 2.78. The average Bonchev–Trinajstić information content (AvgIpc) is 2.64. The standard InChI is InChI=1S/C9H6F3N3S/c10-9(11,12)6-1-2-14-3-5(6)7-4-15-8(13)16-7/h1-4H,(H2,13,15). The van der Waals surface area contributed by atoms with Crippen LogP contribution in [-0.2, 0) is 6.18 Å². The van der Waals surface area contributed by atoms with Crippen molar-refractivity contribution in [2.24, 2.45) is 0 Å². The van der Waals surface area contributed by atoms with Gasteiger partial charge in [0.1, 0.15) is 0 Å². The van der Waals surface area contributed by atoms with E-state index in [2.05, 4.69) is 9.97 Å². The first-order chi connectivity index (χ1) is 7.48. The van der Waals surface area contributed by atoms with Crippen LogP contribution in [0.1, 0.15) is 5.56 Å². The van der Waals surface area contributed by atoms with Crippen LogP contribution in [0.25, 0.3) is 10.4 Å². The molecule has 2 rings (SSSR count). The number of hydrogen-bond acceptors (Lipinski definition) is 4. The Labute approximate surface area is 92.8 Å². The normalized spacial score (nSPS) is 11.7. The van der Waals surface area contributed by atoms with E-state index in [0.717, 1.165) is 29.8 Å². The predicted molar refractivity (Wildman–Crippen MR) is 54.8 cm³/mol. The fraction of sp³-hybridized carbons (Fsp3) is 0.111. The minimum absolute atomic E-state index is 0.00389. The number of alkyl halides is 3. The van der Waals surface area contributed by atoms with E-state index < -0.39 is 11.7 Å². The second kappa shape index (κ2) is 3.75. The van der Waals surface area contributed by atoms with Gasteiger partial charge in [-0.05, 0) is 6.07 Å². The van der Waals surface area contributed by atoms with Gasteiger partial charge in [0.25, 0.3) is 0 Å². The molecule has 0 aliphatic rings. The Morgan fingerprint density at radius 2 is 2.00 bits per heavy atom. The Balaban J connectivity index is 2.57. The van der Waals surface area contributed by atoms with Gasteiger partial charge in [0.2, 0.25) is 0 Å². The van der Waals surface area contributed by atoms with Crippen LogP contribution in [0.15, 0.2) is 24.7 Å². The number of anilines is 1. The van der Waals surface area contributed by atoms with Crippen molar-refractivity contribution in [3.63, 3.8) is 0 Å². The summed E-state index contributed by atoms with van der Waals surface area (Å²) < 4.78 is 38.0. The molecular formula is C9H6F3N3S. The molecule has 0 aliphatic heterocycles. The number of aromatic nitrogens is 2. The van der Waals surface area contributed by atoms with Crippen molar-refractivity contribution in [3.8, 4) is 10.4 Å². The van der Waals surface area contributed by atoms with Gasteiger partial charge < -0.3 is 5.73 Å². The summed E-state index contributed by atoms with van der Waals surface area (Å²) in [5, 5.41) is 0.229. The number of pyridine rings is 1. The molecule has 2 heterocycles. The predicted octanol–water partition coefficient (Wildman–Crippen LogP) is 2.81. The topological polar surface area (TPSA) is 51.8 Å². The molecule has 0 unspecified atom stereocenters. The SMILES string of the molecule is Nc1ncc(-c2cnccc2C(F)(F)F)s1. The zero-order valence-corrected chi connectivity index (χ0v) is 8.64. The van der Waals surface area contributed by atoms with E-state index in [9.17, 15) is 13.2 Å². The summed E-state index contributed by atoms with van der Waals surface area (Å²) >= 11 is 0.998. The van der Waals surface area contributed by atoms with E-state index in [0.29, 0.717) is 4.88 Å². The summed E-state index contributed by atoms with van der Waals surface area (Å²) in [5.74, 6) is 0. The molecule has 0 amide bonds. The number of rotatable bonds is 1. The molecule has 16 heavy (non-hydrogen) atoms. The zero-order valence-electron chi connectivity index (χ0n) is 7.82. The molecule has 0 bridgehead atoms. The van der Waals surface area contributed by atoms with Crippen molar-refractivity contribution >= 4 is 16.5 Å². The van der Waals surface area contributed by atoms with Gasteiger partial charge >= 0.3 is 6.18 Å². The summed E-state index contributed by atoms with van der Waals surface area (Å²) in [6.45, 7) is 0. The monoisotopic (exact) mass is 245 g/mol. The van der Waals surface area contributed by atoms with Gasteiger partial charge in [0.05, 0.1) is 10.4 Å². The molecule has 7 heteroatoms. The van der Waals surface area contributed by atoms with Gasteiger partial charge in [0.15, 0.2) is 5.13 Å². The first-order valence-electron chi connectivity index (χ1n) is 4.21. The van der Waals surface area contributed by atoms with Crippen LogP contribution in [0.3, 0.4) is 0 Å². The first-order valence-corrected chi connectivity index (χ1v) is 5.03. The van der Waals surface area contributed by atoms with E-state index >= 15 is 0 Å². The number of hydrogen-bond donors (Lipinski definition) is 1. The summed E-state index contributed by atoms with van der Waals surface area (Å²) in [6, 6.07) is 0.936. The van der Waals surface area contributed by atoms with Crippen molar-refractivity contribution in [2.75, 3.05) is 5.73 Å². The zero-order chi connectivity index (χ0) is 11.8. The third-order valence-electron chi connectivity index (χ3n) is 1.92. The molecule has 3 nitrogen and oxygen atoms in total. The second-order valence-corrected chi connectivity index (χ2v) is 4.04. The van der Waals surface area contributed by atoms with Gasteiger partial charge in [-0.15, -0.1) is 0 Å². The van der Waals surface area contributed by atoms with Crippen molar-refractivity contribution < 1.29 is 13.2 Å². The molecule has 0 saturated carbocycles. The van der Waals surface area contributed by atoms with Crippen LogP contribution < -0.4 is 5.73 Å². The van der Waals surface area contributed by atoms with Gasteiger partial charge in [-0.25, -0.2) is 4.98 Å². The molecule has 2 aromatic heterocycles. The minimum atomic E-state index is -4.41. The fourth-order valence-electron chi connectivity index (χ4n) is 1.25. The highest BCUT2D eigenvalue weighted by Gasteiger charge is 2.34. The van der Waals surface area contributed by atoms with Crippen molar-refractivity contribution in [1.82, 2.24) is 9.97 Å². The Kier molecular flexibility index (Phi) is 2.55. The molecule has 0 radical (unpaired) electrons. The molecule has 84 valence electrons. The van der Waals surface area contributed by atoms with Crippen molar-refractivity contribution in [1.29, 1.82) is 0 Å². The maximum absolute atomic E-state index is 12.7. The molecule has 0 aliphatic carbocycles. The van der Waals surface area contributed by atoms with Crippen molar-refractivity contribution in [2.45, 2.75) is 6.18 Å². The fourth-order valence-corrected chi connectivity index (χ4v) is 1.96. The second-order valence-electron chi connectivity index (χ2n) is 2.98. The highest BCUT2D eigenvalue weighted by molar-refractivity contribution is 7.18. The van der Waals surface area contributed by atoms with E-state index in [1.807, 2.05) is 0 Å². The van der Waals surface area contributed by atoms with Gasteiger partial charge in [-0.2, -0.15) is 13.2 Å². The maximum atomic E-state index is 12.7. The average molecular weight is 245 g/mol. The quantitative estimate of drug-likeness (QED) is 0.840. The summed E-state index contributed by atoms with van der Waals surface area (Å²) in [7, 11) is 0. The lowest BCUT2D eigenvalue weighted by atomic mass is 10.1. The lowest BCUT2D eigenvalue weighted by Crippen LogP contribution is -2.06. The molecule has 2 N–H and O–H groups in total. The van der Waals surface area contributed by atoms with Crippen LogP contribution in [0, 0.1) is 0 Å². The lowest BCUT2D eigenvalue weighted by molar-refractivity contribution is -0.137. The minimum Gasteiger partial charge on any atom is -0.375 e. The van der Waals surface area contributed by atoms with Gasteiger partial charge in [-0.1, -0.05) is 11.3 Å². The highest BCUT2D eigenvalue weighted by atomic mass is 32.1. The van der Waals surface area contributed by atoms with Gasteiger partial charge in [0, 0.05) is 24.2 Å². The van der Waals surface area contributed by atoms with Crippen LogP contribution >= 0.6 is 11.3 Å². The molecule has 0 spiro atoms. The Bertz CT molecular complexity index is 507. The molecule has 0 aromatic carbocycles. The summed E-state index contributed by atoms with van der Waals surface area (Å²) in [5.41, 5.74) is 4.65. The Hall–Kier alpha value is -1.63. The van der Waals surface area contributed by atoms with Crippen molar-refractivity contribution in [3.05, 3.63) is 30.2 Å². The van der Waals surface area contributed by atoms with E-state index in [4.69, 9.17) is 5.73 Å². The highest BCUT2D eigenvalue weighted by Crippen LogP contribution is 2.38. The Morgan fingerprint density at radius 3 is 2.56 bits per heavy atom. The number of nitrogens with zero attached hydrogens (tertiary/aromatic N) is 2. The molecule has 0 saturated heterocycles. The largest absolute Gasteiger partial charge is 0.417 e. The third kappa shape index (κ3) is 1.99. The van der Waals surface area contributed by atoms with Crippen LogP contribution in [0.4, 0.5) is 18.3 Å². The molecule has 2 aromatic rings. The van der Waals surface area contributed by atoms with Crippen LogP contribution in [0.2, 0.25) is 0 Å². The number of halogens is 3. The van der Waals surface area contributed by atoms with Gasteiger partial charge in [-0.3, -0.25) is 4.98 Å². The number of nitrogens with two attached hydrogens (primary N) is 1. The molecule has 0 fully saturated rings. The molecular weight excluding hydrogens is 239 g/mol. The van der Waals surface area contributed by atoms with E-state index in [1.165, 1.54) is 6.20 Å². The first kappa shape index (κ1) is 10.9.